The Bertz CT molecular complexity index is 452. The summed E-state index contributed by atoms with van der Waals surface area (Å²) in [6, 6.07) is 0.779. The molecule has 0 spiro atoms. The molecule has 0 amide bonds. The molecule has 1 saturated carbocycles. The number of likely N-dealkylation sites (tertiary alicyclic amines) is 1. The number of rotatable bonds is 0. The maximum Gasteiger partial charge on any atom is 0.137 e. The number of piperidine rings is 1. The molecule has 2 nitrogen and oxygen atoms in total. The molecule has 4 aliphatic rings. The number of ketones is 1. The minimum absolute atomic E-state index is 0.444. The number of hydrogen-bond donors (Lipinski definition) is 0. The fraction of sp³-hybridized carbons (Fsp3) is 0.824. The number of nitrogens with zero attached hydrogens (tertiary/aromatic N) is 1. The summed E-state index contributed by atoms with van der Waals surface area (Å²) in [5.74, 6) is 1.36. The van der Waals surface area contributed by atoms with E-state index < -0.39 is 0 Å². The van der Waals surface area contributed by atoms with Gasteiger partial charge in [0.2, 0.25) is 0 Å². The number of allylic oxidation sites excluding steroid dienone is 1. The van der Waals surface area contributed by atoms with Crippen molar-refractivity contribution in [3.05, 3.63) is 11.1 Å². The van der Waals surface area contributed by atoms with Crippen LogP contribution in [0.2, 0.25) is 0 Å². The molecular weight excluding hydrogens is 234 g/mol. The van der Waals surface area contributed by atoms with Crippen LogP contribution in [0.5, 0.6) is 0 Å². The van der Waals surface area contributed by atoms with Crippen molar-refractivity contribution in [2.75, 3.05) is 13.6 Å². The summed E-state index contributed by atoms with van der Waals surface area (Å²) in [4.78, 5) is 14.6. The summed E-state index contributed by atoms with van der Waals surface area (Å²) in [7, 11) is 2.32. The Morgan fingerprint density at radius 2 is 2.11 bits per heavy atom. The zero-order valence-electron chi connectivity index (χ0n) is 12.1. The van der Waals surface area contributed by atoms with Gasteiger partial charge in [0.25, 0.3) is 0 Å². The first kappa shape index (κ1) is 12.1. The van der Waals surface area contributed by atoms with E-state index in [1.165, 1.54) is 45.1 Å². The first-order valence-electron chi connectivity index (χ1n) is 8.14. The zero-order valence-corrected chi connectivity index (χ0v) is 12.1. The SMILES string of the molecule is CN1CCC23CCCCC2C1CC1=C3CC(=O)CC1. The van der Waals surface area contributed by atoms with E-state index in [2.05, 4.69) is 11.9 Å². The molecule has 1 heterocycles. The molecule has 3 atom stereocenters. The van der Waals surface area contributed by atoms with Crippen molar-refractivity contribution in [2.45, 2.75) is 63.8 Å². The van der Waals surface area contributed by atoms with E-state index >= 15 is 0 Å². The van der Waals surface area contributed by atoms with Gasteiger partial charge in [-0.25, -0.2) is 0 Å². The zero-order chi connectivity index (χ0) is 13.0. The molecule has 19 heavy (non-hydrogen) atoms. The Labute approximate surface area is 116 Å². The third-order valence-corrected chi connectivity index (χ3v) is 6.60. The largest absolute Gasteiger partial charge is 0.303 e. The average molecular weight is 259 g/mol. The lowest BCUT2D eigenvalue weighted by Crippen LogP contribution is -2.58. The predicted octanol–water partition coefficient (Wildman–Crippen LogP) is 3.32. The molecule has 3 unspecified atom stereocenters. The number of hydrogen-bond acceptors (Lipinski definition) is 2. The molecule has 2 heteroatoms. The van der Waals surface area contributed by atoms with Crippen LogP contribution in [0, 0.1) is 11.3 Å². The highest BCUT2D eigenvalue weighted by atomic mass is 16.1. The lowest BCUT2D eigenvalue weighted by Gasteiger charge is -2.60. The molecule has 4 rings (SSSR count). The van der Waals surface area contributed by atoms with E-state index in [0.29, 0.717) is 11.2 Å². The van der Waals surface area contributed by atoms with Gasteiger partial charge in [0.1, 0.15) is 5.78 Å². The van der Waals surface area contributed by atoms with Gasteiger partial charge in [0.15, 0.2) is 0 Å². The van der Waals surface area contributed by atoms with Gasteiger partial charge in [-0.2, -0.15) is 0 Å². The lowest BCUT2D eigenvalue weighted by molar-refractivity contribution is -0.120. The molecule has 0 N–H and O–H groups in total. The van der Waals surface area contributed by atoms with Gasteiger partial charge >= 0.3 is 0 Å². The van der Waals surface area contributed by atoms with Crippen LogP contribution in [0.3, 0.4) is 0 Å². The molecular formula is C17H25NO. The first-order chi connectivity index (χ1) is 9.21. The summed E-state index contributed by atoms with van der Waals surface area (Å²) in [5, 5.41) is 0. The molecule has 104 valence electrons. The van der Waals surface area contributed by atoms with Crippen molar-refractivity contribution in [1.29, 1.82) is 0 Å². The number of carbonyl (C=O) groups excluding carboxylic acids is 1. The van der Waals surface area contributed by atoms with Crippen LogP contribution in [0.1, 0.15) is 57.8 Å². The Hall–Kier alpha value is -0.630. The van der Waals surface area contributed by atoms with Crippen LogP contribution < -0.4 is 0 Å². The molecule has 3 aliphatic carbocycles. The third-order valence-electron chi connectivity index (χ3n) is 6.60. The highest BCUT2D eigenvalue weighted by molar-refractivity contribution is 5.83. The maximum atomic E-state index is 12.0. The Morgan fingerprint density at radius 3 is 3.00 bits per heavy atom. The average Bonchev–Trinajstić information content (AvgIpc) is 2.43. The molecule has 0 radical (unpaired) electrons. The van der Waals surface area contributed by atoms with Crippen LogP contribution in [-0.2, 0) is 4.79 Å². The van der Waals surface area contributed by atoms with Crippen molar-refractivity contribution in [3.63, 3.8) is 0 Å². The van der Waals surface area contributed by atoms with Crippen molar-refractivity contribution in [1.82, 2.24) is 4.90 Å². The van der Waals surface area contributed by atoms with Crippen molar-refractivity contribution >= 4 is 5.78 Å². The summed E-state index contributed by atoms with van der Waals surface area (Å²) in [5.41, 5.74) is 3.77. The molecule has 1 aliphatic heterocycles. The molecule has 0 aromatic rings. The van der Waals surface area contributed by atoms with Crippen molar-refractivity contribution in [2.24, 2.45) is 11.3 Å². The third kappa shape index (κ3) is 1.62. The van der Waals surface area contributed by atoms with Gasteiger partial charge in [-0.1, -0.05) is 24.0 Å². The van der Waals surface area contributed by atoms with Crippen molar-refractivity contribution < 1.29 is 4.79 Å². The second-order valence-corrected chi connectivity index (χ2v) is 7.31. The predicted molar refractivity (Wildman–Crippen MR) is 75.9 cm³/mol. The van der Waals surface area contributed by atoms with E-state index in [1.54, 1.807) is 11.1 Å². The van der Waals surface area contributed by atoms with E-state index in [9.17, 15) is 4.79 Å². The maximum absolute atomic E-state index is 12.0. The van der Waals surface area contributed by atoms with Crippen LogP contribution in [0.25, 0.3) is 0 Å². The highest BCUT2D eigenvalue weighted by Gasteiger charge is 2.54. The summed E-state index contributed by atoms with van der Waals surface area (Å²) in [6.07, 6.45) is 10.9. The second-order valence-electron chi connectivity index (χ2n) is 7.31. The van der Waals surface area contributed by atoms with Crippen LogP contribution >= 0.6 is 0 Å². The number of Topliss-reactive ketones (excluding diaryl/α,β-unsaturated/α-hetero) is 1. The normalized spacial score (nSPS) is 42.9. The fourth-order valence-electron chi connectivity index (χ4n) is 5.67. The van der Waals surface area contributed by atoms with Gasteiger partial charge in [-0.15, -0.1) is 0 Å². The molecule has 2 bridgehead atoms. The van der Waals surface area contributed by atoms with E-state index in [1.807, 2.05) is 0 Å². The van der Waals surface area contributed by atoms with Gasteiger partial charge in [0, 0.05) is 18.9 Å². The van der Waals surface area contributed by atoms with Crippen LogP contribution in [0.4, 0.5) is 0 Å². The first-order valence-corrected chi connectivity index (χ1v) is 8.14. The van der Waals surface area contributed by atoms with Gasteiger partial charge < -0.3 is 4.90 Å². The molecule has 1 saturated heterocycles. The highest BCUT2D eigenvalue weighted by Crippen LogP contribution is 2.60. The van der Waals surface area contributed by atoms with Gasteiger partial charge in [0.05, 0.1) is 0 Å². The number of carbonyl (C=O) groups is 1. The second kappa shape index (κ2) is 4.18. The molecule has 0 aromatic carbocycles. The molecule has 2 fully saturated rings. The Kier molecular flexibility index (Phi) is 2.67. The summed E-state index contributed by atoms with van der Waals surface area (Å²) < 4.78 is 0. The van der Waals surface area contributed by atoms with E-state index in [4.69, 9.17) is 0 Å². The monoisotopic (exact) mass is 259 g/mol. The topological polar surface area (TPSA) is 20.3 Å². The van der Waals surface area contributed by atoms with Gasteiger partial charge in [-0.3, -0.25) is 4.79 Å². The van der Waals surface area contributed by atoms with Crippen molar-refractivity contribution in [3.8, 4) is 0 Å². The van der Waals surface area contributed by atoms with E-state index in [-0.39, 0.29) is 0 Å². The summed E-state index contributed by atoms with van der Waals surface area (Å²) >= 11 is 0. The van der Waals surface area contributed by atoms with Gasteiger partial charge in [-0.05, 0) is 57.0 Å². The fourth-order valence-corrected chi connectivity index (χ4v) is 5.67. The smallest absolute Gasteiger partial charge is 0.137 e. The summed E-state index contributed by atoms with van der Waals surface area (Å²) in [6.45, 7) is 1.24. The quantitative estimate of drug-likeness (QED) is 0.622. The Morgan fingerprint density at radius 1 is 1.21 bits per heavy atom. The van der Waals surface area contributed by atoms with Crippen LogP contribution in [-0.4, -0.2) is 30.3 Å². The molecule has 0 aromatic heterocycles. The van der Waals surface area contributed by atoms with Crippen LogP contribution in [0.15, 0.2) is 11.1 Å². The Balaban J connectivity index is 1.82. The van der Waals surface area contributed by atoms with E-state index in [0.717, 1.165) is 31.2 Å². The minimum atomic E-state index is 0.444. The standard InChI is InChI=1S/C17H25NO/c1-18-9-8-17-7-3-2-4-14(17)16(18)10-12-5-6-13(19)11-15(12)17/h14,16H,2-11H2,1H3. The lowest BCUT2D eigenvalue weighted by atomic mass is 9.50. The minimum Gasteiger partial charge on any atom is -0.303 e.